The fourth-order valence-corrected chi connectivity index (χ4v) is 1.28. The quantitative estimate of drug-likeness (QED) is 0.684. The van der Waals surface area contributed by atoms with Gasteiger partial charge in [-0.05, 0) is 25.5 Å². The molecule has 1 aromatic rings. The van der Waals surface area contributed by atoms with Crippen LogP contribution in [0.1, 0.15) is 16.7 Å². The van der Waals surface area contributed by atoms with Crippen molar-refractivity contribution in [2.75, 3.05) is 0 Å². The third-order valence-corrected chi connectivity index (χ3v) is 1.68. The van der Waals surface area contributed by atoms with E-state index >= 15 is 0 Å². The SMILES string of the molecule is Cc1cc(C)cc(C=CC(N)=O)c1. The maximum absolute atomic E-state index is 10.5. The van der Waals surface area contributed by atoms with Crippen LogP contribution in [0.2, 0.25) is 0 Å². The lowest BCUT2D eigenvalue weighted by atomic mass is 10.1. The van der Waals surface area contributed by atoms with Gasteiger partial charge in [0.05, 0.1) is 0 Å². The highest BCUT2D eigenvalue weighted by molar-refractivity contribution is 5.90. The average molecular weight is 175 g/mol. The predicted octanol–water partition coefficient (Wildman–Crippen LogP) is 1.80. The van der Waals surface area contributed by atoms with Crippen molar-refractivity contribution in [1.82, 2.24) is 0 Å². The van der Waals surface area contributed by atoms with Crippen LogP contribution in [0, 0.1) is 13.8 Å². The smallest absolute Gasteiger partial charge is 0.241 e. The van der Waals surface area contributed by atoms with Crippen LogP contribution < -0.4 is 5.73 Å². The number of primary amides is 1. The van der Waals surface area contributed by atoms with Crippen LogP contribution in [0.25, 0.3) is 6.08 Å². The van der Waals surface area contributed by atoms with Gasteiger partial charge in [-0.3, -0.25) is 4.79 Å². The van der Waals surface area contributed by atoms with E-state index in [1.54, 1.807) is 6.08 Å². The molecule has 0 atom stereocenters. The molecule has 2 N–H and O–H groups in total. The molecule has 1 aromatic carbocycles. The van der Waals surface area contributed by atoms with E-state index in [-0.39, 0.29) is 0 Å². The first-order valence-corrected chi connectivity index (χ1v) is 4.14. The zero-order chi connectivity index (χ0) is 9.84. The molecule has 0 aliphatic heterocycles. The second-order valence-electron chi connectivity index (χ2n) is 3.16. The summed E-state index contributed by atoms with van der Waals surface area (Å²) in [5.74, 6) is -0.417. The number of hydrogen-bond acceptors (Lipinski definition) is 1. The molecule has 0 heterocycles. The molecule has 0 unspecified atom stereocenters. The van der Waals surface area contributed by atoms with E-state index in [1.807, 2.05) is 26.0 Å². The highest BCUT2D eigenvalue weighted by Gasteiger charge is 1.92. The molecule has 2 heteroatoms. The van der Waals surface area contributed by atoms with Gasteiger partial charge in [-0.15, -0.1) is 0 Å². The number of carbonyl (C=O) groups excluding carboxylic acids is 1. The number of amides is 1. The number of carbonyl (C=O) groups is 1. The Labute approximate surface area is 78.1 Å². The van der Waals surface area contributed by atoms with Crippen LogP contribution in [0.15, 0.2) is 24.3 Å². The molecule has 68 valence electrons. The van der Waals surface area contributed by atoms with Gasteiger partial charge in [-0.25, -0.2) is 0 Å². The van der Waals surface area contributed by atoms with Gasteiger partial charge < -0.3 is 5.73 Å². The van der Waals surface area contributed by atoms with Gasteiger partial charge in [-0.1, -0.05) is 29.3 Å². The highest BCUT2D eigenvalue weighted by atomic mass is 16.1. The minimum absolute atomic E-state index is 0.417. The minimum Gasteiger partial charge on any atom is -0.366 e. The molecular weight excluding hydrogens is 162 g/mol. The Morgan fingerprint density at radius 1 is 1.23 bits per heavy atom. The van der Waals surface area contributed by atoms with Gasteiger partial charge in [0.2, 0.25) is 5.91 Å². The summed E-state index contributed by atoms with van der Waals surface area (Å²) in [6.45, 7) is 4.04. The maximum Gasteiger partial charge on any atom is 0.241 e. The topological polar surface area (TPSA) is 43.1 Å². The van der Waals surface area contributed by atoms with Gasteiger partial charge in [-0.2, -0.15) is 0 Å². The molecule has 0 fully saturated rings. The molecule has 2 nitrogen and oxygen atoms in total. The van der Waals surface area contributed by atoms with Crippen LogP contribution >= 0.6 is 0 Å². The number of nitrogens with two attached hydrogens (primary N) is 1. The van der Waals surface area contributed by atoms with Crippen LogP contribution in [0.3, 0.4) is 0 Å². The van der Waals surface area contributed by atoms with Crippen LogP contribution in [0.4, 0.5) is 0 Å². The third kappa shape index (κ3) is 3.11. The Morgan fingerprint density at radius 2 is 1.77 bits per heavy atom. The number of rotatable bonds is 2. The van der Waals surface area contributed by atoms with E-state index in [1.165, 1.54) is 17.2 Å². The first-order valence-electron chi connectivity index (χ1n) is 4.14. The lowest BCUT2D eigenvalue weighted by Crippen LogP contribution is -2.05. The molecule has 0 aliphatic rings. The largest absolute Gasteiger partial charge is 0.366 e. The van der Waals surface area contributed by atoms with Gasteiger partial charge >= 0.3 is 0 Å². The molecule has 1 rings (SSSR count). The van der Waals surface area contributed by atoms with E-state index in [4.69, 9.17) is 5.73 Å². The summed E-state index contributed by atoms with van der Waals surface area (Å²) >= 11 is 0. The fourth-order valence-electron chi connectivity index (χ4n) is 1.28. The van der Waals surface area contributed by atoms with E-state index in [0.29, 0.717) is 0 Å². The molecule has 1 amide bonds. The van der Waals surface area contributed by atoms with Gasteiger partial charge in [0.1, 0.15) is 0 Å². The van der Waals surface area contributed by atoms with Gasteiger partial charge in [0, 0.05) is 6.08 Å². The fraction of sp³-hybridized carbons (Fsp3) is 0.182. The Kier molecular flexibility index (Phi) is 2.85. The van der Waals surface area contributed by atoms with Crippen LogP contribution in [-0.2, 0) is 4.79 Å². The molecule has 0 saturated heterocycles. The van der Waals surface area contributed by atoms with E-state index in [0.717, 1.165) is 5.56 Å². The van der Waals surface area contributed by atoms with Gasteiger partial charge in [0.15, 0.2) is 0 Å². The summed E-state index contributed by atoms with van der Waals surface area (Å²) in [4.78, 5) is 10.5. The number of benzene rings is 1. The minimum atomic E-state index is -0.417. The Hall–Kier alpha value is -1.57. The molecule has 0 aromatic heterocycles. The monoisotopic (exact) mass is 175 g/mol. The second-order valence-corrected chi connectivity index (χ2v) is 3.16. The first-order chi connectivity index (χ1) is 6.08. The average Bonchev–Trinajstić information content (AvgIpc) is 1.99. The standard InChI is InChI=1S/C11H13NO/c1-8-5-9(2)7-10(6-8)3-4-11(12)13/h3-7H,1-2H3,(H2,12,13). The van der Waals surface area contributed by atoms with E-state index in [9.17, 15) is 4.79 Å². The van der Waals surface area contributed by atoms with Crippen LogP contribution in [-0.4, -0.2) is 5.91 Å². The lowest BCUT2D eigenvalue weighted by molar-refractivity contribution is -0.113. The van der Waals surface area contributed by atoms with Crippen molar-refractivity contribution in [1.29, 1.82) is 0 Å². The van der Waals surface area contributed by atoms with Crippen LogP contribution in [0.5, 0.6) is 0 Å². The zero-order valence-corrected chi connectivity index (χ0v) is 7.87. The summed E-state index contributed by atoms with van der Waals surface area (Å²) in [5.41, 5.74) is 8.37. The molecule has 13 heavy (non-hydrogen) atoms. The van der Waals surface area contributed by atoms with Crippen molar-refractivity contribution < 1.29 is 4.79 Å². The van der Waals surface area contributed by atoms with Crippen molar-refractivity contribution in [2.24, 2.45) is 5.73 Å². The summed E-state index contributed by atoms with van der Waals surface area (Å²) in [5, 5.41) is 0. The molecule has 0 radical (unpaired) electrons. The van der Waals surface area contributed by atoms with Crippen molar-refractivity contribution in [3.63, 3.8) is 0 Å². The molecule has 0 spiro atoms. The molecule has 0 bridgehead atoms. The van der Waals surface area contributed by atoms with Crippen molar-refractivity contribution in [3.8, 4) is 0 Å². The first kappa shape index (κ1) is 9.52. The van der Waals surface area contributed by atoms with E-state index in [2.05, 4.69) is 6.07 Å². The van der Waals surface area contributed by atoms with Crippen molar-refractivity contribution >= 4 is 12.0 Å². The highest BCUT2D eigenvalue weighted by Crippen LogP contribution is 2.09. The lowest BCUT2D eigenvalue weighted by Gasteiger charge is -1.98. The van der Waals surface area contributed by atoms with Gasteiger partial charge in [0.25, 0.3) is 0 Å². The van der Waals surface area contributed by atoms with Crippen molar-refractivity contribution in [3.05, 3.63) is 41.0 Å². The molecule has 0 aliphatic carbocycles. The third-order valence-electron chi connectivity index (χ3n) is 1.68. The summed E-state index contributed by atoms with van der Waals surface area (Å²) in [6.07, 6.45) is 3.09. The number of aryl methyl sites for hydroxylation is 2. The second kappa shape index (κ2) is 3.90. The molecule has 0 saturated carbocycles. The Balaban J connectivity index is 2.95. The summed E-state index contributed by atoms with van der Waals surface area (Å²) < 4.78 is 0. The predicted molar refractivity (Wildman–Crippen MR) is 54.1 cm³/mol. The number of hydrogen-bond donors (Lipinski definition) is 1. The normalized spacial score (nSPS) is 10.6. The van der Waals surface area contributed by atoms with E-state index < -0.39 is 5.91 Å². The Morgan fingerprint density at radius 3 is 2.23 bits per heavy atom. The molecular formula is C11H13NO. The summed E-state index contributed by atoms with van der Waals surface area (Å²) in [7, 11) is 0. The maximum atomic E-state index is 10.5. The zero-order valence-electron chi connectivity index (χ0n) is 7.87. The Bertz CT molecular complexity index is 333. The van der Waals surface area contributed by atoms with Crippen molar-refractivity contribution in [2.45, 2.75) is 13.8 Å². The summed E-state index contributed by atoms with van der Waals surface area (Å²) in [6, 6.07) is 6.10.